The maximum absolute atomic E-state index is 12.1. The van der Waals surface area contributed by atoms with Gasteiger partial charge in [-0.05, 0) is 36.5 Å². The number of hydrogen-bond acceptors (Lipinski definition) is 3. The second-order valence-electron chi connectivity index (χ2n) is 6.29. The average molecular weight is 254 g/mol. The van der Waals surface area contributed by atoms with E-state index in [9.17, 15) is 14.7 Å². The number of esters is 1. The zero-order valence-corrected chi connectivity index (χ0v) is 11.3. The van der Waals surface area contributed by atoms with E-state index >= 15 is 0 Å². The second-order valence-corrected chi connectivity index (χ2v) is 6.29. The lowest BCUT2D eigenvalue weighted by Gasteiger charge is -2.30. The highest BCUT2D eigenvalue weighted by Crippen LogP contribution is 2.55. The van der Waals surface area contributed by atoms with Crippen molar-refractivity contribution >= 4 is 11.9 Å². The Labute approximate surface area is 108 Å². The van der Waals surface area contributed by atoms with Gasteiger partial charge in [-0.3, -0.25) is 9.59 Å². The molecule has 2 saturated carbocycles. The lowest BCUT2D eigenvalue weighted by molar-refractivity contribution is -0.162. The van der Waals surface area contributed by atoms with E-state index in [-0.39, 0.29) is 23.7 Å². The van der Waals surface area contributed by atoms with Gasteiger partial charge in [0.1, 0.15) is 0 Å². The summed E-state index contributed by atoms with van der Waals surface area (Å²) in [6.07, 6.45) is 1.81. The predicted molar refractivity (Wildman–Crippen MR) is 65.8 cm³/mol. The van der Waals surface area contributed by atoms with Crippen molar-refractivity contribution in [3.05, 3.63) is 0 Å². The molecule has 5 unspecified atom stereocenters. The molecule has 5 atom stereocenters. The van der Waals surface area contributed by atoms with E-state index in [0.29, 0.717) is 12.5 Å². The highest BCUT2D eigenvalue weighted by molar-refractivity contribution is 5.82. The van der Waals surface area contributed by atoms with Crippen molar-refractivity contribution in [2.24, 2.45) is 35.5 Å². The molecule has 0 spiro atoms. The van der Waals surface area contributed by atoms with Gasteiger partial charge in [0.2, 0.25) is 0 Å². The molecule has 1 N–H and O–H groups in total. The first-order chi connectivity index (χ1) is 8.41. The van der Waals surface area contributed by atoms with Gasteiger partial charge in [0.15, 0.2) is 0 Å². The quantitative estimate of drug-likeness (QED) is 0.781. The molecule has 0 aliphatic heterocycles. The summed E-state index contributed by atoms with van der Waals surface area (Å²) in [7, 11) is 0. The van der Waals surface area contributed by atoms with Crippen LogP contribution in [0.25, 0.3) is 0 Å². The Balaban J connectivity index is 2.09. The van der Waals surface area contributed by atoms with E-state index in [0.717, 1.165) is 12.8 Å². The van der Waals surface area contributed by atoms with Crippen LogP contribution in [0.4, 0.5) is 0 Å². The van der Waals surface area contributed by atoms with E-state index in [1.165, 1.54) is 0 Å². The number of rotatable bonds is 4. The van der Waals surface area contributed by atoms with Crippen molar-refractivity contribution in [2.45, 2.75) is 33.6 Å². The Morgan fingerprint density at radius 3 is 2.50 bits per heavy atom. The van der Waals surface area contributed by atoms with Crippen LogP contribution < -0.4 is 0 Å². The average Bonchev–Trinajstić information content (AvgIpc) is 2.81. The zero-order valence-electron chi connectivity index (χ0n) is 11.3. The molecule has 2 aliphatic rings. The van der Waals surface area contributed by atoms with Crippen LogP contribution in [0.5, 0.6) is 0 Å². The highest BCUT2D eigenvalue weighted by Gasteiger charge is 2.57. The number of aliphatic carboxylic acids is 1. The Hall–Kier alpha value is -1.06. The van der Waals surface area contributed by atoms with Crippen LogP contribution in [-0.2, 0) is 14.3 Å². The maximum atomic E-state index is 12.1. The molecule has 2 aliphatic carbocycles. The van der Waals surface area contributed by atoms with Gasteiger partial charge in [0.25, 0.3) is 0 Å². The minimum absolute atomic E-state index is 0.166. The summed E-state index contributed by atoms with van der Waals surface area (Å²) in [5, 5.41) is 9.31. The monoisotopic (exact) mass is 254 g/mol. The van der Waals surface area contributed by atoms with Crippen molar-refractivity contribution < 1.29 is 19.4 Å². The Morgan fingerprint density at radius 2 is 1.94 bits per heavy atom. The fourth-order valence-corrected chi connectivity index (χ4v) is 3.71. The summed E-state index contributed by atoms with van der Waals surface area (Å²) in [6, 6.07) is 0. The summed E-state index contributed by atoms with van der Waals surface area (Å²) in [5.41, 5.74) is 0. The number of carboxylic acids is 1. The van der Waals surface area contributed by atoms with Gasteiger partial charge < -0.3 is 9.84 Å². The molecule has 0 heterocycles. The maximum Gasteiger partial charge on any atom is 0.310 e. The molecular formula is C14H22O4. The molecule has 4 heteroatoms. The van der Waals surface area contributed by atoms with E-state index in [2.05, 4.69) is 6.92 Å². The van der Waals surface area contributed by atoms with Crippen molar-refractivity contribution in [3.63, 3.8) is 0 Å². The van der Waals surface area contributed by atoms with Crippen LogP contribution in [-0.4, -0.2) is 23.7 Å². The molecule has 102 valence electrons. The first-order valence-corrected chi connectivity index (χ1v) is 6.81. The zero-order chi connectivity index (χ0) is 13.4. The van der Waals surface area contributed by atoms with Crippen molar-refractivity contribution in [1.29, 1.82) is 0 Å². The predicted octanol–water partition coefficient (Wildman–Crippen LogP) is 2.18. The number of carbonyl (C=O) groups is 2. The molecule has 0 aromatic heterocycles. The van der Waals surface area contributed by atoms with Crippen LogP contribution in [0, 0.1) is 35.5 Å². The molecule has 4 nitrogen and oxygen atoms in total. The molecular weight excluding hydrogens is 232 g/mol. The molecule has 0 saturated heterocycles. The molecule has 0 aromatic carbocycles. The third kappa shape index (κ3) is 2.25. The fourth-order valence-electron chi connectivity index (χ4n) is 3.71. The lowest BCUT2D eigenvalue weighted by Crippen LogP contribution is -2.38. The van der Waals surface area contributed by atoms with E-state index < -0.39 is 17.8 Å². The Bertz CT molecular complexity index is 350. The molecule has 18 heavy (non-hydrogen) atoms. The SMILES string of the molecule is CC(C)COC(=O)C1C2CC(CC2C)C1C(=O)O. The smallest absolute Gasteiger partial charge is 0.310 e. The second kappa shape index (κ2) is 4.90. The number of hydrogen-bond donors (Lipinski definition) is 1. The molecule has 0 amide bonds. The summed E-state index contributed by atoms with van der Waals surface area (Å²) < 4.78 is 5.27. The van der Waals surface area contributed by atoms with E-state index in [1.807, 2.05) is 13.8 Å². The van der Waals surface area contributed by atoms with E-state index in [4.69, 9.17) is 4.74 Å². The number of carboxylic acid groups (broad SMARTS) is 1. The Morgan fingerprint density at radius 1 is 1.28 bits per heavy atom. The third-order valence-electron chi connectivity index (χ3n) is 4.45. The number of carbonyl (C=O) groups excluding carboxylic acids is 1. The van der Waals surface area contributed by atoms with Gasteiger partial charge in [-0.15, -0.1) is 0 Å². The van der Waals surface area contributed by atoms with Crippen LogP contribution in [0.1, 0.15) is 33.6 Å². The van der Waals surface area contributed by atoms with Crippen LogP contribution in [0.3, 0.4) is 0 Å². The minimum Gasteiger partial charge on any atom is -0.481 e. The van der Waals surface area contributed by atoms with Crippen LogP contribution >= 0.6 is 0 Å². The van der Waals surface area contributed by atoms with Gasteiger partial charge in [-0.2, -0.15) is 0 Å². The van der Waals surface area contributed by atoms with Crippen LogP contribution in [0.2, 0.25) is 0 Å². The lowest BCUT2D eigenvalue weighted by atomic mass is 9.74. The fraction of sp³-hybridized carbons (Fsp3) is 0.857. The summed E-state index contributed by atoms with van der Waals surface area (Å²) in [5.74, 6) is -0.970. The standard InChI is InChI=1S/C14H22O4/c1-7(2)6-18-14(17)12-10-5-9(4-8(10)3)11(12)13(15)16/h7-12H,4-6H2,1-3H3,(H,15,16). The first-order valence-electron chi connectivity index (χ1n) is 6.81. The molecule has 2 fully saturated rings. The van der Waals surface area contributed by atoms with Crippen molar-refractivity contribution in [1.82, 2.24) is 0 Å². The van der Waals surface area contributed by atoms with Gasteiger partial charge in [0.05, 0.1) is 18.4 Å². The molecule has 2 rings (SSSR count). The number of ether oxygens (including phenoxy) is 1. The number of fused-ring (bicyclic) bond motifs is 2. The van der Waals surface area contributed by atoms with Gasteiger partial charge in [-0.25, -0.2) is 0 Å². The highest BCUT2D eigenvalue weighted by atomic mass is 16.5. The largest absolute Gasteiger partial charge is 0.481 e. The molecule has 2 bridgehead atoms. The van der Waals surface area contributed by atoms with E-state index in [1.54, 1.807) is 0 Å². The minimum atomic E-state index is -0.833. The van der Waals surface area contributed by atoms with Crippen LogP contribution in [0.15, 0.2) is 0 Å². The first kappa shape index (κ1) is 13.4. The van der Waals surface area contributed by atoms with Crippen molar-refractivity contribution in [3.8, 4) is 0 Å². The normalized spacial score (nSPS) is 38.1. The summed E-state index contributed by atoms with van der Waals surface area (Å²) >= 11 is 0. The van der Waals surface area contributed by atoms with Gasteiger partial charge in [-0.1, -0.05) is 20.8 Å². The summed E-state index contributed by atoms with van der Waals surface area (Å²) in [4.78, 5) is 23.5. The van der Waals surface area contributed by atoms with Crippen molar-refractivity contribution in [2.75, 3.05) is 6.61 Å². The molecule has 0 aromatic rings. The molecule has 0 radical (unpaired) electrons. The summed E-state index contributed by atoms with van der Waals surface area (Å²) in [6.45, 7) is 6.45. The van der Waals surface area contributed by atoms with Gasteiger partial charge in [0, 0.05) is 0 Å². The van der Waals surface area contributed by atoms with Gasteiger partial charge >= 0.3 is 11.9 Å². The topological polar surface area (TPSA) is 63.6 Å². The third-order valence-corrected chi connectivity index (χ3v) is 4.45. The Kier molecular flexibility index (Phi) is 3.64.